The molecule has 2 N–H and O–H groups in total. The van der Waals surface area contributed by atoms with Crippen LogP contribution in [0.25, 0.3) is 0 Å². The third-order valence-corrected chi connectivity index (χ3v) is 1.87. The van der Waals surface area contributed by atoms with Gasteiger partial charge in [0.25, 0.3) is 0 Å². The summed E-state index contributed by atoms with van der Waals surface area (Å²) in [5.74, 6) is -2.39. The van der Waals surface area contributed by atoms with Gasteiger partial charge in [-0.3, -0.25) is 4.79 Å². The highest BCUT2D eigenvalue weighted by Crippen LogP contribution is 2.15. The lowest BCUT2D eigenvalue weighted by Crippen LogP contribution is -2.21. The molecule has 0 heterocycles. The first-order valence-corrected chi connectivity index (χ1v) is 4.47. The van der Waals surface area contributed by atoms with Gasteiger partial charge in [0.05, 0.1) is 0 Å². The summed E-state index contributed by atoms with van der Waals surface area (Å²) in [4.78, 5) is 10.5. The Bertz CT molecular complexity index is 382. The number of aldehydes is 1. The molecule has 1 aromatic carbocycles. The molecule has 0 bridgehead atoms. The average Bonchev–Trinajstić information content (AvgIpc) is 2.15. The molecule has 4 heteroatoms. The largest absolute Gasteiger partial charge is 0.362 e. The molecule has 15 heavy (non-hydrogen) atoms. The molecule has 0 saturated carbocycles. The number of nitrogens with one attached hydrogen (secondary N) is 1. The van der Waals surface area contributed by atoms with Crippen LogP contribution in [0.3, 0.4) is 0 Å². The lowest BCUT2D eigenvalue weighted by molar-refractivity contribution is -0.0626. The molecule has 0 aromatic heterocycles. The van der Waals surface area contributed by atoms with Crippen molar-refractivity contribution in [1.82, 2.24) is 0 Å². The fourth-order valence-corrected chi connectivity index (χ4v) is 1.22. The topological polar surface area (TPSA) is 61.1 Å². The molecule has 1 atom stereocenters. The van der Waals surface area contributed by atoms with E-state index in [2.05, 4.69) is 0 Å². The smallest absolute Gasteiger partial charge is 0.209 e. The molecule has 0 aliphatic carbocycles. The van der Waals surface area contributed by atoms with Gasteiger partial charge in [0.1, 0.15) is 6.29 Å². The quantitative estimate of drug-likeness (QED) is 0.588. The molecule has 80 valence electrons. The van der Waals surface area contributed by atoms with Crippen LogP contribution in [0.4, 0.5) is 4.39 Å². The summed E-state index contributed by atoms with van der Waals surface area (Å²) in [6.45, 7) is 0.991. The van der Waals surface area contributed by atoms with Crippen molar-refractivity contribution in [3.05, 3.63) is 35.4 Å². The normalized spacial score (nSPS) is 14.3. The lowest BCUT2D eigenvalue weighted by atomic mass is 10.0. The zero-order valence-corrected chi connectivity index (χ0v) is 8.33. The van der Waals surface area contributed by atoms with Gasteiger partial charge in [-0.25, -0.2) is 4.39 Å². The predicted molar refractivity (Wildman–Crippen MR) is 55.0 cm³/mol. The van der Waals surface area contributed by atoms with Gasteiger partial charge < -0.3 is 10.5 Å². The second kappa shape index (κ2) is 4.31. The summed E-state index contributed by atoms with van der Waals surface area (Å²) in [7, 11) is 0. The molecule has 0 spiro atoms. The molecule has 1 rings (SSSR count). The molecule has 0 aliphatic heterocycles. The van der Waals surface area contributed by atoms with Crippen molar-refractivity contribution in [2.75, 3.05) is 0 Å². The highest BCUT2D eigenvalue weighted by molar-refractivity contribution is 5.99. The van der Waals surface area contributed by atoms with Crippen molar-refractivity contribution in [3.8, 4) is 0 Å². The minimum Gasteiger partial charge on any atom is -0.362 e. The lowest BCUT2D eigenvalue weighted by Gasteiger charge is -2.13. The van der Waals surface area contributed by atoms with E-state index in [4.69, 9.17) is 10.5 Å². The molecular formula is C11H12FNO2. The van der Waals surface area contributed by atoms with Crippen molar-refractivity contribution in [2.45, 2.75) is 19.2 Å². The van der Waals surface area contributed by atoms with Crippen molar-refractivity contribution in [1.29, 1.82) is 5.41 Å². The number of hydrogen-bond acceptors (Lipinski definition) is 3. The number of carbonyl (C=O) groups is 1. The fourth-order valence-electron chi connectivity index (χ4n) is 1.22. The third-order valence-electron chi connectivity index (χ3n) is 1.87. The van der Waals surface area contributed by atoms with E-state index in [1.807, 2.05) is 0 Å². The number of rotatable bonds is 4. The summed E-state index contributed by atoms with van der Waals surface area (Å²) in [6, 6.07) is 6.29. The van der Waals surface area contributed by atoms with Crippen LogP contribution in [0.5, 0.6) is 0 Å². The van der Waals surface area contributed by atoms with Crippen LogP contribution in [0, 0.1) is 5.41 Å². The van der Waals surface area contributed by atoms with E-state index >= 15 is 0 Å². The maximum absolute atomic E-state index is 12.9. The Labute approximate surface area is 87.1 Å². The van der Waals surface area contributed by atoms with E-state index in [0.29, 0.717) is 17.4 Å². The van der Waals surface area contributed by atoms with Crippen LogP contribution in [-0.2, 0) is 0 Å². The van der Waals surface area contributed by atoms with Crippen molar-refractivity contribution in [3.63, 3.8) is 0 Å². The van der Waals surface area contributed by atoms with Gasteiger partial charge >= 0.3 is 0 Å². The Kier molecular flexibility index (Phi) is 3.31. The number of benzene rings is 1. The molecule has 0 radical (unpaired) electrons. The van der Waals surface area contributed by atoms with Crippen LogP contribution in [-0.4, -0.2) is 23.0 Å². The molecule has 3 nitrogen and oxygen atoms in total. The zero-order valence-electron chi connectivity index (χ0n) is 8.33. The minimum absolute atomic E-state index is 0.0359. The first-order chi connectivity index (χ1) is 6.92. The van der Waals surface area contributed by atoms with Crippen molar-refractivity contribution < 1.29 is 14.3 Å². The predicted octanol–water partition coefficient (Wildman–Crippen LogP) is 1.94. The molecule has 0 amide bonds. The highest BCUT2D eigenvalue weighted by atomic mass is 19.2. The van der Waals surface area contributed by atoms with Crippen LogP contribution in [0.15, 0.2) is 24.3 Å². The maximum atomic E-state index is 12.9. The van der Waals surface area contributed by atoms with Gasteiger partial charge in [0, 0.05) is 17.7 Å². The SMILES string of the molecule is CC(O)(F)CC(=N)c1cccc(C=O)c1. The Morgan fingerprint density at radius 2 is 2.33 bits per heavy atom. The van der Waals surface area contributed by atoms with Gasteiger partial charge in [-0.15, -0.1) is 0 Å². The third kappa shape index (κ3) is 3.59. The van der Waals surface area contributed by atoms with E-state index < -0.39 is 12.3 Å². The minimum atomic E-state index is -2.39. The Morgan fingerprint density at radius 3 is 2.87 bits per heavy atom. The molecule has 0 fully saturated rings. The van der Waals surface area contributed by atoms with Gasteiger partial charge in [0.2, 0.25) is 5.85 Å². The molecular weight excluding hydrogens is 197 g/mol. The van der Waals surface area contributed by atoms with Crippen molar-refractivity contribution >= 4 is 12.0 Å². The molecule has 0 aliphatic rings. The second-order valence-electron chi connectivity index (χ2n) is 3.54. The summed E-state index contributed by atoms with van der Waals surface area (Å²) in [5.41, 5.74) is 0.833. The van der Waals surface area contributed by atoms with Gasteiger partial charge in [-0.05, 0) is 18.6 Å². The van der Waals surface area contributed by atoms with Crippen LogP contribution < -0.4 is 0 Å². The Morgan fingerprint density at radius 1 is 1.67 bits per heavy atom. The number of carbonyl (C=O) groups excluding carboxylic acids is 1. The standard InChI is InChI=1S/C11H12FNO2/c1-11(12,15)6-10(13)9-4-2-3-8(5-9)7-14/h2-5,7,13,15H,6H2,1H3. The Balaban J connectivity index is 2.87. The van der Waals surface area contributed by atoms with E-state index in [1.165, 1.54) is 6.07 Å². The maximum Gasteiger partial charge on any atom is 0.209 e. The molecule has 1 aromatic rings. The summed E-state index contributed by atoms with van der Waals surface area (Å²) < 4.78 is 12.9. The van der Waals surface area contributed by atoms with Gasteiger partial charge in [-0.1, -0.05) is 18.2 Å². The van der Waals surface area contributed by atoms with Gasteiger partial charge in [-0.2, -0.15) is 0 Å². The van der Waals surface area contributed by atoms with Crippen LogP contribution >= 0.6 is 0 Å². The van der Waals surface area contributed by atoms with E-state index in [-0.39, 0.29) is 5.71 Å². The monoisotopic (exact) mass is 209 g/mol. The summed E-state index contributed by atoms with van der Waals surface area (Å²) >= 11 is 0. The number of alkyl halides is 1. The molecule has 1 unspecified atom stereocenters. The van der Waals surface area contributed by atoms with Gasteiger partial charge in [0.15, 0.2) is 0 Å². The van der Waals surface area contributed by atoms with E-state index in [9.17, 15) is 9.18 Å². The first kappa shape index (κ1) is 11.5. The number of halogens is 1. The Hall–Kier alpha value is -1.55. The highest BCUT2D eigenvalue weighted by Gasteiger charge is 2.21. The fraction of sp³-hybridized carbons (Fsp3) is 0.273. The number of hydrogen-bond donors (Lipinski definition) is 2. The summed E-state index contributed by atoms with van der Waals surface area (Å²) in [5, 5.41) is 16.4. The average molecular weight is 209 g/mol. The zero-order chi connectivity index (χ0) is 11.5. The molecule has 0 saturated heterocycles. The van der Waals surface area contributed by atoms with Crippen LogP contribution in [0.2, 0.25) is 0 Å². The van der Waals surface area contributed by atoms with E-state index in [0.717, 1.165) is 6.92 Å². The number of aliphatic hydroxyl groups is 1. The first-order valence-electron chi connectivity index (χ1n) is 4.47. The van der Waals surface area contributed by atoms with Crippen molar-refractivity contribution in [2.24, 2.45) is 0 Å². The second-order valence-corrected chi connectivity index (χ2v) is 3.54. The van der Waals surface area contributed by atoms with Crippen LogP contribution in [0.1, 0.15) is 29.3 Å². The van der Waals surface area contributed by atoms with E-state index in [1.54, 1.807) is 18.2 Å². The summed E-state index contributed by atoms with van der Waals surface area (Å²) in [6.07, 6.45) is 0.264.